The van der Waals surface area contributed by atoms with Crippen molar-refractivity contribution in [3.8, 4) is 12.0 Å². The normalized spacial score (nSPS) is 15.5. The second-order valence-corrected chi connectivity index (χ2v) is 7.95. The van der Waals surface area contributed by atoms with Crippen molar-refractivity contribution in [1.82, 2.24) is 14.5 Å². The molecule has 0 spiro atoms. The Morgan fingerprint density at radius 1 is 1.16 bits per heavy atom. The number of rotatable bonds is 4. The van der Waals surface area contributed by atoms with Gasteiger partial charge < -0.3 is 10.4 Å². The molecule has 0 aliphatic heterocycles. The van der Waals surface area contributed by atoms with Gasteiger partial charge in [-0.3, -0.25) is 4.57 Å². The van der Waals surface area contributed by atoms with Crippen molar-refractivity contribution in [2.45, 2.75) is 38.8 Å². The van der Waals surface area contributed by atoms with Gasteiger partial charge in [0, 0.05) is 23.2 Å². The first-order valence-corrected chi connectivity index (χ1v) is 10.5. The van der Waals surface area contributed by atoms with Gasteiger partial charge in [0.1, 0.15) is 5.82 Å². The molecule has 6 heteroatoms. The number of nitrogens with one attached hydrogen (secondary N) is 1. The van der Waals surface area contributed by atoms with Crippen molar-refractivity contribution < 1.29 is 5.11 Å². The maximum atomic E-state index is 10.7. The van der Waals surface area contributed by atoms with Crippen molar-refractivity contribution in [1.29, 1.82) is 5.26 Å². The molecule has 0 saturated carbocycles. The number of benzene rings is 2. The molecule has 6 nitrogen and oxygen atoms in total. The van der Waals surface area contributed by atoms with Crippen LogP contribution in [0.25, 0.3) is 16.9 Å². The Kier molecular flexibility index (Phi) is 4.89. The number of aryl methyl sites for hydroxylation is 1. The molecule has 2 heterocycles. The van der Waals surface area contributed by atoms with Gasteiger partial charge in [0.25, 0.3) is 0 Å². The molecule has 0 amide bonds. The average molecular weight is 409 g/mol. The summed E-state index contributed by atoms with van der Waals surface area (Å²) in [4.78, 5) is 9.69. The molecular weight excluding hydrogens is 386 g/mol. The standard InChI is InChI=1S/C25H23N5O/c1-16-13-20-18(14-26)9-5-11-21(20)30(16)25-28-23-19(10-6-12-22(23)31)24(29-25)27-15-17-7-3-2-4-8-17/h2-5,7-9,11,13,22,31H,6,10,12,15H2,1H3,(H,27,28,29). The lowest BCUT2D eigenvalue weighted by Crippen LogP contribution is -2.19. The largest absolute Gasteiger partial charge is 0.387 e. The van der Waals surface area contributed by atoms with Gasteiger partial charge in [0.05, 0.1) is 28.9 Å². The molecule has 2 aromatic carbocycles. The van der Waals surface area contributed by atoms with Crippen molar-refractivity contribution in [3.63, 3.8) is 0 Å². The van der Waals surface area contributed by atoms with E-state index >= 15 is 0 Å². The summed E-state index contributed by atoms with van der Waals surface area (Å²) in [5.41, 5.74) is 5.30. The van der Waals surface area contributed by atoms with Gasteiger partial charge in [0.15, 0.2) is 0 Å². The summed E-state index contributed by atoms with van der Waals surface area (Å²) in [6, 6.07) is 20.1. The number of anilines is 1. The lowest BCUT2D eigenvalue weighted by molar-refractivity contribution is 0.151. The van der Waals surface area contributed by atoms with Crippen molar-refractivity contribution >= 4 is 16.7 Å². The summed E-state index contributed by atoms with van der Waals surface area (Å²) in [6.07, 6.45) is 1.85. The van der Waals surface area contributed by atoms with E-state index in [1.165, 1.54) is 0 Å². The molecule has 2 N–H and O–H groups in total. The third-order valence-electron chi connectivity index (χ3n) is 5.90. The highest BCUT2D eigenvalue weighted by Gasteiger charge is 2.25. The van der Waals surface area contributed by atoms with Crippen LogP contribution in [0, 0.1) is 18.3 Å². The number of aliphatic hydroxyl groups is 1. The van der Waals surface area contributed by atoms with Gasteiger partial charge in [0.2, 0.25) is 5.95 Å². The average Bonchev–Trinajstić information content (AvgIpc) is 3.14. The van der Waals surface area contributed by atoms with E-state index in [1.54, 1.807) is 0 Å². The second-order valence-electron chi connectivity index (χ2n) is 7.95. The summed E-state index contributed by atoms with van der Waals surface area (Å²) in [6.45, 7) is 2.63. The molecule has 1 aliphatic rings. The molecule has 4 aromatic rings. The maximum Gasteiger partial charge on any atom is 0.236 e. The lowest BCUT2D eigenvalue weighted by atomic mass is 9.94. The van der Waals surface area contributed by atoms with Crippen LogP contribution in [-0.2, 0) is 13.0 Å². The number of hydrogen-bond acceptors (Lipinski definition) is 5. The molecule has 0 bridgehead atoms. The molecule has 1 atom stereocenters. The Bertz CT molecular complexity index is 1300. The number of aliphatic hydroxyl groups excluding tert-OH is 1. The number of fused-ring (bicyclic) bond motifs is 2. The predicted octanol–water partition coefficient (Wildman–Crippen LogP) is 4.58. The first kappa shape index (κ1) is 19.3. The monoisotopic (exact) mass is 409 g/mol. The van der Waals surface area contributed by atoms with E-state index in [4.69, 9.17) is 9.97 Å². The van der Waals surface area contributed by atoms with Crippen LogP contribution in [0.3, 0.4) is 0 Å². The Morgan fingerprint density at radius 2 is 2.00 bits per heavy atom. The smallest absolute Gasteiger partial charge is 0.236 e. The summed E-state index contributed by atoms with van der Waals surface area (Å²) in [7, 11) is 0. The zero-order valence-electron chi connectivity index (χ0n) is 17.3. The maximum absolute atomic E-state index is 10.7. The van der Waals surface area contributed by atoms with Crippen molar-refractivity contribution in [2.75, 3.05) is 5.32 Å². The van der Waals surface area contributed by atoms with Crippen LogP contribution in [0.1, 0.15) is 47.0 Å². The second kappa shape index (κ2) is 7.86. The van der Waals surface area contributed by atoms with E-state index in [2.05, 4.69) is 23.5 Å². The van der Waals surface area contributed by atoms with Gasteiger partial charge in [-0.1, -0.05) is 36.4 Å². The van der Waals surface area contributed by atoms with Crippen LogP contribution in [0.5, 0.6) is 0 Å². The fourth-order valence-electron chi connectivity index (χ4n) is 4.37. The molecule has 0 radical (unpaired) electrons. The summed E-state index contributed by atoms with van der Waals surface area (Å²) >= 11 is 0. The van der Waals surface area contributed by atoms with Gasteiger partial charge in [-0.25, -0.2) is 4.98 Å². The van der Waals surface area contributed by atoms with E-state index in [0.717, 1.165) is 46.4 Å². The Labute approximate surface area is 180 Å². The van der Waals surface area contributed by atoms with Crippen LogP contribution in [0.15, 0.2) is 54.6 Å². The molecule has 31 heavy (non-hydrogen) atoms. The predicted molar refractivity (Wildman–Crippen MR) is 120 cm³/mol. The quantitative estimate of drug-likeness (QED) is 0.515. The third-order valence-corrected chi connectivity index (χ3v) is 5.90. The highest BCUT2D eigenvalue weighted by Crippen LogP contribution is 2.34. The van der Waals surface area contributed by atoms with Crippen LogP contribution < -0.4 is 5.32 Å². The zero-order chi connectivity index (χ0) is 21.4. The summed E-state index contributed by atoms with van der Waals surface area (Å²) < 4.78 is 1.96. The first-order chi connectivity index (χ1) is 15.2. The minimum Gasteiger partial charge on any atom is -0.387 e. The summed E-state index contributed by atoms with van der Waals surface area (Å²) in [5, 5.41) is 24.5. The van der Waals surface area contributed by atoms with Gasteiger partial charge in [-0.15, -0.1) is 0 Å². The minimum atomic E-state index is -0.598. The molecule has 1 unspecified atom stereocenters. The zero-order valence-corrected chi connectivity index (χ0v) is 17.3. The topological polar surface area (TPSA) is 86.8 Å². The Morgan fingerprint density at radius 3 is 2.81 bits per heavy atom. The van der Waals surface area contributed by atoms with Crippen LogP contribution >= 0.6 is 0 Å². The highest BCUT2D eigenvalue weighted by molar-refractivity contribution is 5.88. The van der Waals surface area contributed by atoms with Gasteiger partial charge in [-0.2, -0.15) is 10.2 Å². The number of nitriles is 1. The van der Waals surface area contributed by atoms with Crippen LogP contribution in [0.2, 0.25) is 0 Å². The molecule has 0 fully saturated rings. The van der Waals surface area contributed by atoms with Crippen molar-refractivity contribution in [2.24, 2.45) is 0 Å². The molecular formula is C25H23N5O. The minimum absolute atomic E-state index is 0.512. The molecule has 154 valence electrons. The Hall–Kier alpha value is -3.69. The SMILES string of the molecule is Cc1cc2c(C#N)cccc2n1-c1nc(NCc2ccccc2)c2c(n1)C(O)CCC2. The van der Waals surface area contributed by atoms with E-state index in [9.17, 15) is 10.4 Å². The van der Waals surface area contributed by atoms with Crippen LogP contribution in [0.4, 0.5) is 5.82 Å². The van der Waals surface area contributed by atoms with E-state index in [0.29, 0.717) is 30.2 Å². The number of aromatic nitrogens is 3. The number of hydrogen-bond donors (Lipinski definition) is 2. The fourth-order valence-corrected chi connectivity index (χ4v) is 4.37. The third kappa shape index (κ3) is 3.43. The van der Waals surface area contributed by atoms with Crippen molar-refractivity contribution in [3.05, 3.63) is 82.7 Å². The van der Waals surface area contributed by atoms with Crippen LogP contribution in [-0.4, -0.2) is 19.6 Å². The van der Waals surface area contributed by atoms with E-state index < -0.39 is 6.10 Å². The van der Waals surface area contributed by atoms with E-state index in [-0.39, 0.29) is 0 Å². The fraction of sp³-hybridized carbons (Fsp3) is 0.240. The van der Waals surface area contributed by atoms with Gasteiger partial charge >= 0.3 is 0 Å². The number of nitrogens with zero attached hydrogens (tertiary/aromatic N) is 4. The van der Waals surface area contributed by atoms with Gasteiger partial charge in [-0.05, 0) is 49.9 Å². The molecule has 1 aliphatic carbocycles. The molecule has 2 aromatic heterocycles. The van der Waals surface area contributed by atoms with E-state index in [1.807, 2.05) is 54.0 Å². The molecule has 5 rings (SSSR count). The first-order valence-electron chi connectivity index (χ1n) is 10.5. The Balaban J connectivity index is 1.65. The summed E-state index contributed by atoms with van der Waals surface area (Å²) in [5.74, 6) is 1.28. The molecule has 0 saturated heterocycles. The lowest BCUT2D eigenvalue weighted by Gasteiger charge is -2.24. The highest BCUT2D eigenvalue weighted by atomic mass is 16.3.